The quantitative estimate of drug-likeness (QED) is 0.818. The molecule has 24 heavy (non-hydrogen) atoms. The first-order valence-corrected chi connectivity index (χ1v) is 8.84. The number of para-hydroxylation sites is 1. The molecule has 3 rings (SSSR count). The minimum Gasteiger partial charge on any atom is -0.491 e. The average molecular weight is 325 g/mol. The van der Waals surface area contributed by atoms with Gasteiger partial charge < -0.3 is 14.8 Å². The van der Waals surface area contributed by atoms with E-state index in [1.807, 2.05) is 12.1 Å². The van der Waals surface area contributed by atoms with Gasteiger partial charge in [-0.05, 0) is 38.3 Å². The first-order valence-electron chi connectivity index (χ1n) is 8.84. The monoisotopic (exact) mass is 325 g/mol. The molecule has 0 radical (unpaired) electrons. The number of hydrogen-bond acceptors (Lipinski definition) is 3. The number of nitrogens with one attached hydrogen (secondary N) is 1. The van der Waals surface area contributed by atoms with Crippen LogP contribution in [0.2, 0.25) is 0 Å². The number of hydrogen-bond donors (Lipinski definition) is 1. The molecule has 0 aromatic heterocycles. The fraction of sp³-hybridized carbons (Fsp3) is 0.429. The van der Waals surface area contributed by atoms with Crippen LogP contribution in [0.1, 0.15) is 42.5 Å². The predicted octanol–water partition coefficient (Wildman–Crippen LogP) is 4.40. The number of ether oxygens (including phenoxy) is 2. The van der Waals surface area contributed by atoms with E-state index in [1.54, 1.807) is 0 Å². The van der Waals surface area contributed by atoms with Crippen LogP contribution in [0.5, 0.6) is 5.75 Å². The van der Waals surface area contributed by atoms with Gasteiger partial charge in [-0.3, -0.25) is 0 Å². The van der Waals surface area contributed by atoms with Crippen molar-refractivity contribution in [1.29, 1.82) is 0 Å². The molecule has 0 aliphatic carbocycles. The molecule has 2 unspecified atom stereocenters. The molecule has 0 saturated carbocycles. The summed E-state index contributed by atoms with van der Waals surface area (Å²) in [6.07, 6.45) is 2.49. The molecule has 2 aromatic carbocycles. The second-order valence-corrected chi connectivity index (χ2v) is 6.57. The molecule has 1 heterocycles. The topological polar surface area (TPSA) is 30.5 Å². The zero-order valence-electron chi connectivity index (χ0n) is 14.6. The predicted molar refractivity (Wildman–Crippen MR) is 97.3 cm³/mol. The van der Waals surface area contributed by atoms with Gasteiger partial charge in [-0.2, -0.15) is 0 Å². The van der Waals surface area contributed by atoms with E-state index in [-0.39, 0.29) is 12.1 Å². The highest BCUT2D eigenvalue weighted by atomic mass is 16.5. The maximum atomic E-state index is 6.04. The van der Waals surface area contributed by atoms with Crippen LogP contribution in [0.4, 0.5) is 0 Å². The molecule has 3 heteroatoms. The highest BCUT2D eigenvalue weighted by Gasteiger charge is 2.17. The first-order chi connectivity index (χ1) is 11.7. The summed E-state index contributed by atoms with van der Waals surface area (Å²) in [4.78, 5) is 0. The third-order valence-electron chi connectivity index (χ3n) is 4.57. The zero-order valence-corrected chi connectivity index (χ0v) is 14.6. The van der Waals surface area contributed by atoms with Gasteiger partial charge in [0.1, 0.15) is 12.4 Å². The van der Waals surface area contributed by atoms with Crippen molar-refractivity contribution in [2.75, 3.05) is 13.2 Å². The third kappa shape index (κ3) is 4.59. The van der Waals surface area contributed by atoms with Crippen molar-refractivity contribution in [1.82, 2.24) is 5.32 Å². The van der Waals surface area contributed by atoms with E-state index in [0.717, 1.165) is 31.7 Å². The second kappa shape index (κ2) is 8.32. The Kier molecular flexibility index (Phi) is 5.89. The summed E-state index contributed by atoms with van der Waals surface area (Å²) in [5.41, 5.74) is 3.78. The molecule has 2 aromatic rings. The first kappa shape index (κ1) is 17.0. The zero-order chi connectivity index (χ0) is 16.8. The van der Waals surface area contributed by atoms with E-state index < -0.39 is 0 Å². The van der Waals surface area contributed by atoms with E-state index in [4.69, 9.17) is 9.47 Å². The Morgan fingerprint density at radius 1 is 1.17 bits per heavy atom. The molecule has 3 nitrogen and oxygen atoms in total. The van der Waals surface area contributed by atoms with Crippen molar-refractivity contribution >= 4 is 0 Å². The van der Waals surface area contributed by atoms with Crippen LogP contribution in [0, 0.1) is 6.92 Å². The van der Waals surface area contributed by atoms with E-state index in [2.05, 4.69) is 55.6 Å². The van der Waals surface area contributed by atoms with Crippen LogP contribution in [0.3, 0.4) is 0 Å². The lowest BCUT2D eigenvalue weighted by Gasteiger charge is -2.19. The largest absolute Gasteiger partial charge is 0.491 e. The molecule has 0 bridgehead atoms. The molecule has 2 atom stereocenters. The van der Waals surface area contributed by atoms with Crippen molar-refractivity contribution in [3.05, 3.63) is 65.2 Å². The molecule has 1 fully saturated rings. The van der Waals surface area contributed by atoms with Crippen molar-refractivity contribution in [3.63, 3.8) is 0 Å². The third-order valence-corrected chi connectivity index (χ3v) is 4.57. The molecule has 128 valence electrons. The summed E-state index contributed by atoms with van der Waals surface area (Å²) in [6.45, 7) is 6.65. The summed E-state index contributed by atoms with van der Waals surface area (Å²) in [7, 11) is 0. The molecular formula is C21H27NO2. The lowest BCUT2D eigenvalue weighted by Crippen LogP contribution is -2.21. The summed E-state index contributed by atoms with van der Waals surface area (Å²) in [5.74, 6) is 0.955. The number of rotatable bonds is 7. The highest BCUT2D eigenvalue weighted by molar-refractivity contribution is 5.35. The van der Waals surface area contributed by atoms with Crippen LogP contribution < -0.4 is 10.1 Å². The maximum Gasteiger partial charge on any atom is 0.124 e. The van der Waals surface area contributed by atoms with Crippen molar-refractivity contribution in [2.45, 2.75) is 45.4 Å². The fourth-order valence-corrected chi connectivity index (χ4v) is 3.02. The fourth-order valence-electron chi connectivity index (χ4n) is 3.02. The van der Waals surface area contributed by atoms with Gasteiger partial charge in [0.25, 0.3) is 0 Å². The Balaban J connectivity index is 1.59. The van der Waals surface area contributed by atoms with Crippen molar-refractivity contribution in [2.24, 2.45) is 0 Å². The van der Waals surface area contributed by atoms with Crippen LogP contribution >= 0.6 is 0 Å². The molecule has 1 aliphatic rings. The Labute approximate surface area is 145 Å². The number of benzene rings is 2. The van der Waals surface area contributed by atoms with Crippen LogP contribution in [0.25, 0.3) is 0 Å². The normalized spacial score (nSPS) is 18.5. The van der Waals surface area contributed by atoms with Gasteiger partial charge in [-0.1, -0.05) is 48.0 Å². The molecule has 1 saturated heterocycles. The minimum atomic E-state index is 0.229. The molecule has 1 N–H and O–H groups in total. The lowest BCUT2D eigenvalue weighted by molar-refractivity contribution is 0.0674. The van der Waals surface area contributed by atoms with Gasteiger partial charge in [-0.15, -0.1) is 0 Å². The SMILES string of the molecule is Cc1ccc(CNC(C)c2ccccc2OCC2CCCO2)cc1. The summed E-state index contributed by atoms with van der Waals surface area (Å²) in [5, 5.41) is 3.59. The van der Waals surface area contributed by atoms with E-state index in [0.29, 0.717) is 6.61 Å². The van der Waals surface area contributed by atoms with E-state index in [9.17, 15) is 0 Å². The van der Waals surface area contributed by atoms with Gasteiger partial charge in [0, 0.05) is 24.8 Å². The number of aryl methyl sites for hydroxylation is 1. The van der Waals surface area contributed by atoms with Gasteiger partial charge in [0.05, 0.1) is 6.10 Å². The Morgan fingerprint density at radius 3 is 2.71 bits per heavy atom. The lowest BCUT2D eigenvalue weighted by atomic mass is 10.1. The van der Waals surface area contributed by atoms with Gasteiger partial charge in [0.2, 0.25) is 0 Å². The minimum absolute atomic E-state index is 0.229. The van der Waals surface area contributed by atoms with Crippen LogP contribution in [0.15, 0.2) is 48.5 Å². The standard InChI is InChI=1S/C21H27NO2/c1-16-9-11-18(12-10-16)14-22-17(2)20-7-3-4-8-21(20)24-15-19-6-5-13-23-19/h3-4,7-12,17,19,22H,5-6,13-15H2,1-2H3. The summed E-state index contributed by atoms with van der Waals surface area (Å²) in [6, 6.07) is 17.2. The van der Waals surface area contributed by atoms with Gasteiger partial charge >= 0.3 is 0 Å². The van der Waals surface area contributed by atoms with Crippen molar-refractivity contribution < 1.29 is 9.47 Å². The molecular weight excluding hydrogens is 298 g/mol. The summed E-state index contributed by atoms with van der Waals surface area (Å²) >= 11 is 0. The Bertz CT molecular complexity index is 633. The van der Waals surface area contributed by atoms with E-state index in [1.165, 1.54) is 16.7 Å². The smallest absolute Gasteiger partial charge is 0.124 e. The van der Waals surface area contributed by atoms with E-state index >= 15 is 0 Å². The molecule has 0 amide bonds. The average Bonchev–Trinajstić information content (AvgIpc) is 3.13. The second-order valence-electron chi connectivity index (χ2n) is 6.57. The van der Waals surface area contributed by atoms with Gasteiger partial charge in [0.15, 0.2) is 0 Å². The van der Waals surface area contributed by atoms with Gasteiger partial charge in [-0.25, -0.2) is 0 Å². The summed E-state index contributed by atoms with van der Waals surface area (Å²) < 4.78 is 11.7. The van der Waals surface area contributed by atoms with Crippen LogP contribution in [-0.2, 0) is 11.3 Å². The van der Waals surface area contributed by atoms with Crippen LogP contribution in [-0.4, -0.2) is 19.3 Å². The maximum absolute atomic E-state index is 6.04. The highest BCUT2D eigenvalue weighted by Crippen LogP contribution is 2.26. The molecule has 0 spiro atoms. The Hall–Kier alpha value is -1.84. The molecule has 1 aliphatic heterocycles. The van der Waals surface area contributed by atoms with Crippen molar-refractivity contribution in [3.8, 4) is 5.75 Å². The Morgan fingerprint density at radius 2 is 1.96 bits per heavy atom.